The van der Waals surface area contributed by atoms with Crippen molar-refractivity contribution in [3.05, 3.63) is 108 Å². The number of carboxylic acids is 1. The smallest absolute Gasteiger partial charge is 0.416 e. The van der Waals surface area contributed by atoms with E-state index < -0.39 is 40.3 Å². The number of carboxylic acid groups (broad SMARTS) is 1. The van der Waals surface area contributed by atoms with Gasteiger partial charge in [-0.2, -0.15) is 0 Å². The van der Waals surface area contributed by atoms with E-state index in [0.29, 0.717) is 0 Å². The number of benzene rings is 2. The highest BCUT2D eigenvalue weighted by molar-refractivity contribution is 7.89. The Kier molecular flexibility index (Phi) is 9.52. The molecule has 2 aromatic heterocycles. The van der Waals surface area contributed by atoms with Crippen molar-refractivity contribution in [2.24, 2.45) is 0 Å². The van der Waals surface area contributed by atoms with Gasteiger partial charge in [0.05, 0.1) is 11.7 Å². The third kappa shape index (κ3) is 8.66. The monoisotopic (exact) mass is 606 g/mol. The fourth-order valence-electron chi connectivity index (χ4n) is 4.15. The molecule has 2 N–H and O–H groups in total. The molecule has 224 valence electrons. The first-order chi connectivity index (χ1) is 20.3. The average Bonchev–Trinajstić information content (AvgIpc) is 2.96. The number of hydrogen-bond donors (Lipinski definition) is 2. The Labute approximate surface area is 249 Å². The van der Waals surface area contributed by atoms with Crippen LogP contribution in [0.5, 0.6) is 0 Å². The summed E-state index contributed by atoms with van der Waals surface area (Å²) in [5.41, 5.74) is 1.76. The zero-order chi connectivity index (χ0) is 31.2. The van der Waals surface area contributed by atoms with Crippen LogP contribution < -0.4 is 9.62 Å². The van der Waals surface area contributed by atoms with E-state index in [9.17, 15) is 27.5 Å². The van der Waals surface area contributed by atoms with Gasteiger partial charge in [-0.1, -0.05) is 42.5 Å². The molecule has 0 aliphatic rings. The predicted octanol–water partition coefficient (Wildman–Crippen LogP) is 5.37. The molecule has 0 spiro atoms. The van der Waals surface area contributed by atoms with Gasteiger partial charge in [-0.05, 0) is 80.3 Å². The van der Waals surface area contributed by atoms with E-state index in [0.717, 1.165) is 21.6 Å². The number of carbonyl (C=O) groups is 2. The summed E-state index contributed by atoms with van der Waals surface area (Å²) in [6, 6.07) is 20.0. The van der Waals surface area contributed by atoms with Crippen molar-refractivity contribution in [2.45, 2.75) is 43.7 Å². The van der Waals surface area contributed by atoms with Gasteiger partial charge in [0.15, 0.2) is 0 Å². The Hall–Kier alpha value is -4.68. The molecule has 0 fully saturated rings. The molecule has 0 aliphatic heterocycles. The Bertz CT molecular complexity index is 1680. The third-order valence-corrected chi connectivity index (χ3v) is 7.57. The molecule has 2 aromatic carbocycles. The molecule has 0 saturated heterocycles. The molecule has 43 heavy (non-hydrogen) atoms. The van der Waals surface area contributed by atoms with Crippen molar-refractivity contribution >= 4 is 27.9 Å². The van der Waals surface area contributed by atoms with Crippen LogP contribution in [0, 0.1) is 5.82 Å². The van der Waals surface area contributed by atoms with Gasteiger partial charge in [0, 0.05) is 12.4 Å². The number of rotatable bonds is 10. The molecule has 0 radical (unpaired) electrons. The van der Waals surface area contributed by atoms with E-state index in [1.54, 1.807) is 45.0 Å². The van der Waals surface area contributed by atoms with Gasteiger partial charge in [0.2, 0.25) is 10.0 Å². The zero-order valence-corrected chi connectivity index (χ0v) is 24.6. The van der Waals surface area contributed by atoms with Crippen LogP contribution in [0.3, 0.4) is 0 Å². The lowest BCUT2D eigenvalue weighted by molar-refractivity contribution is -0.135. The SMILES string of the molecule is CC(C)(C)OC(=O)N(CC(=O)O)c1cccc(C(Cc2ccc(-c3ccc(F)cc3)cc2)NS(=O)(=O)c2cccnc2)n1. The average molecular weight is 607 g/mol. The van der Waals surface area contributed by atoms with Crippen molar-refractivity contribution in [1.82, 2.24) is 14.7 Å². The Morgan fingerprint density at radius 2 is 1.63 bits per heavy atom. The second-order valence-electron chi connectivity index (χ2n) is 10.7. The molecule has 2 heterocycles. The number of sulfonamides is 1. The highest BCUT2D eigenvalue weighted by atomic mass is 32.2. The Morgan fingerprint density at radius 3 is 2.21 bits per heavy atom. The highest BCUT2D eigenvalue weighted by Crippen LogP contribution is 2.26. The van der Waals surface area contributed by atoms with Crippen molar-refractivity contribution in [1.29, 1.82) is 0 Å². The van der Waals surface area contributed by atoms with Gasteiger partial charge < -0.3 is 9.84 Å². The van der Waals surface area contributed by atoms with Crippen molar-refractivity contribution in [3.8, 4) is 11.1 Å². The number of amides is 1. The quantitative estimate of drug-likeness (QED) is 0.246. The van der Waals surface area contributed by atoms with Crippen molar-refractivity contribution in [2.75, 3.05) is 11.4 Å². The Balaban J connectivity index is 1.70. The fraction of sp³-hybridized carbons (Fsp3) is 0.226. The van der Waals surface area contributed by atoms with Gasteiger partial charge in [-0.15, -0.1) is 0 Å². The van der Waals surface area contributed by atoms with Crippen LogP contribution in [-0.4, -0.2) is 47.7 Å². The maximum Gasteiger partial charge on any atom is 0.416 e. The standard InChI is InChI=1S/C31H31FN4O6S/c1-31(2,3)42-30(39)36(20-29(37)38)28-8-4-7-26(34-28)27(35-43(40,41)25-6-5-17-33-19-25)18-21-9-11-22(12-10-21)23-13-15-24(32)16-14-23/h4-17,19,27,35H,18,20H2,1-3H3,(H,37,38). The Morgan fingerprint density at radius 1 is 0.977 bits per heavy atom. The fourth-order valence-corrected chi connectivity index (χ4v) is 5.33. The van der Waals surface area contributed by atoms with Gasteiger partial charge in [0.1, 0.15) is 28.7 Å². The van der Waals surface area contributed by atoms with E-state index >= 15 is 0 Å². The predicted molar refractivity (Wildman–Crippen MR) is 158 cm³/mol. The summed E-state index contributed by atoms with van der Waals surface area (Å²) in [4.78, 5) is 33.8. The first kappa shape index (κ1) is 31.3. The summed E-state index contributed by atoms with van der Waals surface area (Å²) < 4.78 is 48.1. The molecule has 1 atom stereocenters. The number of carbonyl (C=O) groups excluding carboxylic acids is 1. The molecule has 10 nitrogen and oxygen atoms in total. The summed E-state index contributed by atoms with van der Waals surface area (Å²) in [5, 5.41) is 9.47. The van der Waals surface area contributed by atoms with Gasteiger partial charge in [-0.25, -0.2) is 27.3 Å². The van der Waals surface area contributed by atoms with Crippen LogP contribution in [0.2, 0.25) is 0 Å². The van der Waals surface area contributed by atoms with Gasteiger partial charge in [-0.3, -0.25) is 14.7 Å². The number of aliphatic carboxylic acids is 1. The normalized spacial score (nSPS) is 12.4. The highest BCUT2D eigenvalue weighted by Gasteiger charge is 2.28. The second-order valence-corrected chi connectivity index (χ2v) is 12.4. The molecule has 1 amide bonds. The summed E-state index contributed by atoms with van der Waals surface area (Å²) in [6.45, 7) is 4.23. The molecule has 1 unspecified atom stereocenters. The summed E-state index contributed by atoms with van der Waals surface area (Å²) in [7, 11) is -4.06. The lowest BCUT2D eigenvalue weighted by atomic mass is 9.99. The molecule has 12 heteroatoms. The number of nitrogens with zero attached hydrogens (tertiary/aromatic N) is 3. The lowest BCUT2D eigenvalue weighted by Gasteiger charge is -2.26. The molecule has 0 bridgehead atoms. The zero-order valence-electron chi connectivity index (χ0n) is 23.8. The molecular weight excluding hydrogens is 575 g/mol. The minimum atomic E-state index is -4.06. The molecule has 0 aliphatic carbocycles. The topological polar surface area (TPSA) is 139 Å². The van der Waals surface area contributed by atoms with Crippen LogP contribution in [0.4, 0.5) is 15.0 Å². The number of ether oxygens (including phenoxy) is 1. The number of pyridine rings is 2. The summed E-state index contributed by atoms with van der Waals surface area (Å²) in [5.74, 6) is -1.65. The van der Waals surface area contributed by atoms with E-state index in [1.807, 2.05) is 24.3 Å². The number of aromatic nitrogens is 2. The molecule has 0 saturated carbocycles. The maximum absolute atomic E-state index is 13.4. The minimum Gasteiger partial charge on any atom is -0.480 e. The van der Waals surface area contributed by atoms with Crippen LogP contribution in [0.15, 0.2) is 96.2 Å². The van der Waals surface area contributed by atoms with Gasteiger partial charge in [0.25, 0.3) is 0 Å². The van der Waals surface area contributed by atoms with Crippen molar-refractivity contribution < 1.29 is 32.2 Å². The minimum absolute atomic E-state index is 0.0219. The second kappa shape index (κ2) is 13.1. The van der Waals surface area contributed by atoms with E-state index in [4.69, 9.17) is 4.74 Å². The molecular formula is C31H31FN4O6S. The number of hydrogen-bond acceptors (Lipinski definition) is 7. The van der Waals surface area contributed by atoms with Crippen LogP contribution >= 0.6 is 0 Å². The van der Waals surface area contributed by atoms with Crippen LogP contribution in [0.25, 0.3) is 11.1 Å². The van der Waals surface area contributed by atoms with E-state index in [-0.39, 0.29) is 28.6 Å². The maximum atomic E-state index is 13.4. The van der Waals surface area contributed by atoms with E-state index in [2.05, 4.69) is 14.7 Å². The number of nitrogens with one attached hydrogen (secondary N) is 1. The third-order valence-electron chi connectivity index (χ3n) is 6.11. The molecule has 4 rings (SSSR count). The van der Waals surface area contributed by atoms with Crippen molar-refractivity contribution in [3.63, 3.8) is 0 Å². The summed E-state index contributed by atoms with van der Waals surface area (Å²) in [6.07, 6.45) is 1.92. The number of halogens is 1. The largest absolute Gasteiger partial charge is 0.480 e. The lowest BCUT2D eigenvalue weighted by Crippen LogP contribution is -2.40. The van der Waals surface area contributed by atoms with Crippen LogP contribution in [-0.2, 0) is 26.0 Å². The van der Waals surface area contributed by atoms with E-state index in [1.165, 1.54) is 42.7 Å². The summed E-state index contributed by atoms with van der Waals surface area (Å²) >= 11 is 0. The molecule has 4 aromatic rings. The first-order valence-corrected chi connectivity index (χ1v) is 14.8. The first-order valence-electron chi connectivity index (χ1n) is 13.3. The number of anilines is 1. The van der Waals surface area contributed by atoms with Crippen LogP contribution in [0.1, 0.15) is 38.1 Å². The van der Waals surface area contributed by atoms with Gasteiger partial charge >= 0.3 is 12.1 Å².